The number of hydrogen-bond acceptors (Lipinski definition) is 5. The highest BCUT2D eigenvalue weighted by Crippen LogP contribution is 2.29. The summed E-state index contributed by atoms with van der Waals surface area (Å²) >= 11 is 0. The normalized spacial score (nSPS) is 14.9. The maximum Gasteiger partial charge on any atom is 0.253 e. The Morgan fingerprint density at radius 1 is 0.933 bits per heavy atom. The van der Waals surface area contributed by atoms with Crippen LogP contribution in [0, 0.1) is 0 Å². The standard InChI is InChI=1S/C24H22N4O2/c29-24(28-14-12-27(13-15-28)17-18-8-10-25-11-9-18)20-6-7-22-21(16-20)23(30-26-22)19-4-2-1-3-5-19/h1-11,16H,12-15,17H2. The molecule has 3 heterocycles. The molecule has 0 saturated carbocycles. The Hall–Kier alpha value is -3.51. The zero-order valence-corrected chi connectivity index (χ0v) is 16.6. The fraction of sp³-hybridized carbons (Fsp3) is 0.208. The van der Waals surface area contributed by atoms with Crippen LogP contribution in [0.1, 0.15) is 15.9 Å². The molecule has 0 atom stereocenters. The second-order valence-corrected chi connectivity index (χ2v) is 7.53. The predicted octanol–water partition coefficient (Wildman–Crippen LogP) is 3.85. The van der Waals surface area contributed by atoms with Crippen molar-refractivity contribution in [1.82, 2.24) is 19.9 Å². The average molecular weight is 398 g/mol. The molecule has 4 aromatic rings. The van der Waals surface area contributed by atoms with Gasteiger partial charge in [0.2, 0.25) is 0 Å². The van der Waals surface area contributed by atoms with E-state index in [0.717, 1.165) is 49.2 Å². The van der Waals surface area contributed by atoms with Crippen molar-refractivity contribution < 1.29 is 9.32 Å². The summed E-state index contributed by atoms with van der Waals surface area (Å²) in [7, 11) is 0. The van der Waals surface area contributed by atoms with E-state index in [9.17, 15) is 4.79 Å². The SMILES string of the molecule is O=C(c1ccc2noc(-c3ccccc3)c2c1)N1CCN(Cc2ccncc2)CC1. The van der Waals surface area contributed by atoms with Crippen molar-refractivity contribution in [2.45, 2.75) is 6.54 Å². The molecule has 0 bridgehead atoms. The zero-order chi connectivity index (χ0) is 20.3. The third-order valence-electron chi connectivity index (χ3n) is 5.57. The largest absolute Gasteiger partial charge is 0.355 e. The number of nitrogens with zero attached hydrogens (tertiary/aromatic N) is 4. The van der Waals surface area contributed by atoms with E-state index in [0.29, 0.717) is 11.3 Å². The van der Waals surface area contributed by atoms with Crippen LogP contribution in [-0.4, -0.2) is 52.0 Å². The van der Waals surface area contributed by atoms with Gasteiger partial charge in [0.1, 0.15) is 5.52 Å². The van der Waals surface area contributed by atoms with Crippen molar-refractivity contribution in [3.05, 3.63) is 84.2 Å². The maximum atomic E-state index is 13.1. The molecule has 0 spiro atoms. The monoisotopic (exact) mass is 398 g/mol. The first-order valence-corrected chi connectivity index (χ1v) is 10.1. The first-order valence-electron chi connectivity index (χ1n) is 10.1. The van der Waals surface area contributed by atoms with E-state index in [1.54, 1.807) is 0 Å². The summed E-state index contributed by atoms with van der Waals surface area (Å²) in [6, 6.07) is 19.5. The second kappa shape index (κ2) is 8.08. The molecule has 0 N–H and O–H groups in total. The molecule has 150 valence electrons. The Kier molecular flexibility index (Phi) is 4.99. The number of benzene rings is 2. The minimum Gasteiger partial charge on any atom is -0.355 e. The molecule has 2 aromatic carbocycles. The molecule has 0 radical (unpaired) electrons. The fourth-order valence-electron chi connectivity index (χ4n) is 3.91. The Balaban J connectivity index is 1.31. The Bertz CT molecular complexity index is 1150. The van der Waals surface area contributed by atoms with Gasteiger partial charge in [-0.25, -0.2) is 0 Å². The highest BCUT2D eigenvalue weighted by Gasteiger charge is 2.23. The summed E-state index contributed by atoms with van der Waals surface area (Å²) in [6.45, 7) is 4.05. The first-order chi connectivity index (χ1) is 14.8. The van der Waals surface area contributed by atoms with E-state index in [2.05, 4.69) is 15.0 Å². The maximum absolute atomic E-state index is 13.1. The van der Waals surface area contributed by atoms with Crippen molar-refractivity contribution in [2.75, 3.05) is 26.2 Å². The van der Waals surface area contributed by atoms with E-state index >= 15 is 0 Å². The highest BCUT2D eigenvalue weighted by atomic mass is 16.5. The molecule has 1 fully saturated rings. The van der Waals surface area contributed by atoms with Crippen LogP contribution in [-0.2, 0) is 6.54 Å². The smallest absolute Gasteiger partial charge is 0.253 e. The Labute approximate surface area is 174 Å². The van der Waals surface area contributed by atoms with Gasteiger partial charge in [0.15, 0.2) is 5.76 Å². The van der Waals surface area contributed by atoms with Crippen LogP contribution in [0.15, 0.2) is 77.6 Å². The van der Waals surface area contributed by atoms with Gasteiger partial charge < -0.3 is 9.42 Å². The fourth-order valence-corrected chi connectivity index (χ4v) is 3.91. The van der Waals surface area contributed by atoms with E-state index in [-0.39, 0.29) is 5.91 Å². The summed E-state index contributed by atoms with van der Waals surface area (Å²) in [5, 5.41) is 5.01. The van der Waals surface area contributed by atoms with Gasteiger partial charge in [0.05, 0.1) is 5.39 Å². The van der Waals surface area contributed by atoms with Crippen molar-refractivity contribution in [3.8, 4) is 11.3 Å². The Morgan fingerprint density at radius 3 is 2.47 bits per heavy atom. The van der Waals surface area contributed by atoms with Gasteiger partial charge in [-0.15, -0.1) is 0 Å². The van der Waals surface area contributed by atoms with Gasteiger partial charge in [-0.05, 0) is 35.9 Å². The van der Waals surface area contributed by atoms with Crippen LogP contribution in [0.2, 0.25) is 0 Å². The summed E-state index contributed by atoms with van der Waals surface area (Å²) in [5.74, 6) is 0.753. The summed E-state index contributed by atoms with van der Waals surface area (Å²) in [6.07, 6.45) is 3.64. The van der Waals surface area contributed by atoms with Crippen LogP contribution >= 0.6 is 0 Å². The van der Waals surface area contributed by atoms with E-state index in [4.69, 9.17) is 4.52 Å². The van der Waals surface area contributed by atoms with Crippen molar-refractivity contribution in [3.63, 3.8) is 0 Å². The predicted molar refractivity (Wildman–Crippen MR) is 115 cm³/mol. The molecule has 6 nitrogen and oxygen atoms in total. The van der Waals surface area contributed by atoms with Crippen LogP contribution < -0.4 is 0 Å². The van der Waals surface area contributed by atoms with Crippen molar-refractivity contribution in [2.24, 2.45) is 0 Å². The van der Waals surface area contributed by atoms with Gasteiger partial charge in [0.25, 0.3) is 5.91 Å². The summed E-state index contributed by atoms with van der Waals surface area (Å²) < 4.78 is 5.57. The molecule has 1 amide bonds. The summed E-state index contributed by atoms with van der Waals surface area (Å²) in [4.78, 5) is 21.5. The first kappa shape index (κ1) is 18.5. The topological polar surface area (TPSA) is 62.5 Å². The van der Waals surface area contributed by atoms with Crippen LogP contribution in [0.25, 0.3) is 22.2 Å². The van der Waals surface area contributed by atoms with Gasteiger partial charge in [-0.3, -0.25) is 14.7 Å². The lowest BCUT2D eigenvalue weighted by Crippen LogP contribution is -2.48. The number of carbonyl (C=O) groups excluding carboxylic acids is 1. The lowest BCUT2D eigenvalue weighted by molar-refractivity contribution is 0.0628. The molecule has 5 rings (SSSR count). The third kappa shape index (κ3) is 3.69. The molecule has 1 aliphatic rings. The molecule has 1 saturated heterocycles. The van der Waals surface area contributed by atoms with Gasteiger partial charge in [-0.1, -0.05) is 35.5 Å². The van der Waals surface area contributed by atoms with Crippen LogP contribution in [0.5, 0.6) is 0 Å². The number of rotatable bonds is 4. The van der Waals surface area contributed by atoms with Crippen LogP contribution in [0.3, 0.4) is 0 Å². The molecule has 30 heavy (non-hydrogen) atoms. The third-order valence-corrected chi connectivity index (χ3v) is 5.57. The van der Waals surface area contributed by atoms with E-state index in [1.165, 1.54) is 5.56 Å². The van der Waals surface area contributed by atoms with Gasteiger partial charge in [0, 0.05) is 56.2 Å². The van der Waals surface area contributed by atoms with Crippen molar-refractivity contribution >= 4 is 16.8 Å². The van der Waals surface area contributed by atoms with Gasteiger partial charge in [-0.2, -0.15) is 0 Å². The molecule has 0 unspecified atom stereocenters. The lowest BCUT2D eigenvalue weighted by atomic mass is 10.1. The number of carbonyl (C=O) groups is 1. The molecular weight excluding hydrogens is 376 g/mol. The average Bonchev–Trinajstić information content (AvgIpc) is 3.24. The number of piperazine rings is 1. The number of fused-ring (bicyclic) bond motifs is 1. The molecule has 2 aromatic heterocycles. The molecule has 6 heteroatoms. The zero-order valence-electron chi connectivity index (χ0n) is 16.6. The van der Waals surface area contributed by atoms with Gasteiger partial charge >= 0.3 is 0 Å². The van der Waals surface area contributed by atoms with E-state index in [1.807, 2.05) is 78.0 Å². The highest BCUT2D eigenvalue weighted by molar-refractivity contribution is 6.01. The van der Waals surface area contributed by atoms with Crippen LogP contribution in [0.4, 0.5) is 0 Å². The second-order valence-electron chi connectivity index (χ2n) is 7.53. The number of hydrogen-bond donors (Lipinski definition) is 0. The molecular formula is C24H22N4O2. The van der Waals surface area contributed by atoms with Crippen molar-refractivity contribution in [1.29, 1.82) is 0 Å². The van der Waals surface area contributed by atoms with E-state index < -0.39 is 0 Å². The molecule has 1 aliphatic heterocycles. The Morgan fingerprint density at radius 2 is 1.70 bits per heavy atom. The minimum atomic E-state index is 0.0562. The quantitative estimate of drug-likeness (QED) is 0.523. The summed E-state index contributed by atoms with van der Waals surface area (Å²) in [5.41, 5.74) is 3.63. The number of amides is 1. The molecule has 0 aliphatic carbocycles. The lowest BCUT2D eigenvalue weighted by Gasteiger charge is -2.34. The number of pyridine rings is 1. The number of aromatic nitrogens is 2. The minimum absolute atomic E-state index is 0.0562.